The molecule has 60 heavy (non-hydrogen) atoms. The first-order chi connectivity index (χ1) is 28.7. The summed E-state index contributed by atoms with van der Waals surface area (Å²) in [5, 5.41) is 0. The van der Waals surface area contributed by atoms with E-state index in [0.717, 1.165) is 112 Å². The Hall–Kier alpha value is 1.39. The Bertz CT molecular complexity index is 1070. The fraction of sp³-hybridized carbons (Fsp3) is 0.889. The van der Waals surface area contributed by atoms with Crippen molar-refractivity contribution in [2.24, 2.45) is 0 Å². The van der Waals surface area contributed by atoms with Crippen molar-refractivity contribution in [2.75, 3.05) is 182 Å². The number of ketones is 3. The first kappa shape index (κ1) is 59.4. The Morgan fingerprint density at radius 1 is 0.333 bits per heavy atom. The van der Waals surface area contributed by atoms with Crippen molar-refractivity contribution in [3.63, 3.8) is 0 Å². The quantitative estimate of drug-likeness (QED) is 0.246. The molecule has 0 aliphatic carbocycles. The maximum atomic E-state index is 10.7. The lowest BCUT2D eigenvalue weighted by molar-refractivity contribution is -0.118. The smallest absolute Gasteiger partial charge is 0.208 e. The highest BCUT2D eigenvalue weighted by atomic mass is 32.2. The molecule has 352 valence electrons. The minimum absolute atomic E-state index is 0.430. The van der Waals surface area contributed by atoms with Crippen LogP contribution in [0.15, 0.2) is 12.2 Å². The monoisotopic (exact) mass is 998 g/mol. The van der Waals surface area contributed by atoms with Crippen molar-refractivity contribution in [1.29, 1.82) is 0 Å². The highest BCUT2D eigenvalue weighted by Gasteiger charge is 2.26. The van der Waals surface area contributed by atoms with Crippen molar-refractivity contribution >= 4 is 105 Å². The van der Waals surface area contributed by atoms with Gasteiger partial charge in [-0.05, 0) is 84.6 Å². The van der Waals surface area contributed by atoms with E-state index >= 15 is 0 Å². The van der Waals surface area contributed by atoms with Crippen molar-refractivity contribution in [1.82, 2.24) is 0 Å². The van der Waals surface area contributed by atoms with E-state index in [1.807, 2.05) is 0 Å². The summed E-state index contributed by atoms with van der Waals surface area (Å²) in [6.07, 6.45) is 29.1. The fourth-order valence-corrected chi connectivity index (χ4v) is 16.1. The lowest BCUT2D eigenvalue weighted by Crippen LogP contribution is -2.24. The molecule has 0 spiro atoms. The molecule has 8 aliphatic heterocycles. The maximum Gasteiger partial charge on any atom is 0.208 e. The molecule has 8 heterocycles. The van der Waals surface area contributed by atoms with E-state index in [2.05, 4.69) is 56.6 Å². The maximum absolute atomic E-state index is 10.7. The van der Waals surface area contributed by atoms with Gasteiger partial charge in [0, 0.05) is 47.5 Å². The van der Waals surface area contributed by atoms with Crippen LogP contribution in [-0.4, -0.2) is 199 Å². The van der Waals surface area contributed by atoms with Gasteiger partial charge in [0.05, 0.1) is 109 Å². The first-order valence-corrected chi connectivity index (χ1v) is 37.8. The number of ether oxygens (including phenoxy) is 4. The average Bonchev–Trinajstić information content (AvgIpc) is 3.72. The largest absolute Gasteiger partial charge is 0.376 e. The molecule has 0 aromatic rings. The molecule has 6 atom stereocenters. The standard InChI is InChI=1S/C8H15S.C6H11OS.C6H13OS.C6H11OS.C5H11OS.C5H9OS.C5H11OS.C4H9OS/c1-8-4-3-6-9(2)7-5-8;1-8-4-2-6(7)3-5-8;1-8-5-2-3-7-4-6-8;1-8-4-2-3-6(7)5-8;1-7-4-2-6-3-5-7;1-7-3-2-5(6)4-7;1-7-4-2-3-6-5-7;1-6-3-2-5-4-6/h1,3-7H2,2H3;2-5H2,1H3;2-6H2,1H3;2-5H2,1H3;2-5H2,1H3;2-4H2,1H3;2-5H2,1H3;2-4H2,1H3/q8*+1. The number of allylic oxidation sites excluding steroid dienone is 1. The number of hydrogen-bond donors (Lipinski definition) is 0. The van der Waals surface area contributed by atoms with Crippen LogP contribution in [0.4, 0.5) is 0 Å². The Balaban J connectivity index is 0.000000344. The van der Waals surface area contributed by atoms with Crippen molar-refractivity contribution < 1.29 is 33.3 Å². The lowest BCUT2D eigenvalue weighted by Gasteiger charge is -2.09. The molecular formula is C45H90O7S8+8. The van der Waals surface area contributed by atoms with E-state index in [9.17, 15) is 14.4 Å². The molecule has 0 saturated carbocycles. The van der Waals surface area contributed by atoms with Gasteiger partial charge in [-0.3, -0.25) is 14.4 Å². The zero-order chi connectivity index (χ0) is 44.4. The number of hydrogen-bond acceptors (Lipinski definition) is 7. The molecule has 8 aliphatic rings. The second-order valence-electron chi connectivity index (χ2n) is 16.5. The van der Waals surface area contributed by atoms with Gasteiger partial charge in [-0.25, -0.2) is 0 Å². The van der Waals surface area contributed by atoms with E-state index in [1.165, 1.54) is 89.5 Å². The molecule has 0 aromatic carbocycles. The van der Waals surface area contributed by atoms with Crippen LogP contribution in [0, 0.1) is 0 Å². The lowest BCUT2D eigenvalue weighted by atomic mass is 10.1. The molecule has 0 bridgehead atoms. The highest BCUT2D eigenvalue weighted by molar-refractivity contribution is 7.98. The van der Waals surface area contributed by atoms with Crippen molar-refractivity contribution in [3.05, 3.63) is 12.2 Å². The molecule has 8 fully saturated rings. The van der Waals surface area contributed by atoms with Crippen LogP contribution in [0.3, 0.4) is 0 Å². The van der Waals surface area contributed by atoms with Gasteiger partial charge in [-0.15, -0.1) is 0 Å². The summed E-state index contributed by atoms with van der Waals surface area (Å²) in [5.41, 5.74) is 1.48. The second kappa shape index (κ2) is 39.5. The summed E-state index contributed by atoms with van der Waals surface area (Å²) in [5.74, 6) is 20.7. The molecule has 0 N–H and O–H groups in total. The predicted molar refractivity (Wildman–Crippen MR) is 288 cm³/mol. The van der Waals surface area contributed by atoms with E-state index < -0.39 is 0 Å². The van der Waals surface area contributed by atoms with Crippen LogP contribution >= 0.6 is 0 Å². The molecule has 15 heteroatoms. The Kier molecular flexibility index (Phi) is 39.2. The van der Waals surface area contributed by atoms with Crippen LogP contribution in [0.5, 0.6) is 0 Å². The fourth-order valence-electron chi connectivity index (χ4n) is 6.11. The Morgan fingerprint density at radius 3 is 1.10 bits per heavy atom. The van der Waals surface area contributed by atoms with Crippen LogP contribution < -0.4 is 0 Å². The van der Waals surface area contributed by atoms with Gasteiger partial charge in [-0.1, -0.05) is 12.2 Å². The van der Waals surface area contributed by atoms with E-state index in [-0.39, 0.29) is 0 Å². The number of rotatable bonds is 0. The first-order valence-electron chi connectivity index (χ1n) is 22.0. The van der Waals surface area contributed by atoms with Gasteiger partial charge in [0.1, 0.15) is 74.8 Å². The van der Waals surface area contributed by atoms with Gasteiger partial charge in [-0.2, -0.15) is 0 Å². The van der Waals surface area contributed by atoms with Crippen LogP contribution in [0.2, 0.25) is 0 Å². The molecular weight excluding hydrogens is 909 g/mol. The zero-order valence-corrected chi connectivity index (χ0v) is 46.0. The number of carbonyl (C=O) groups is 3. The van der Waals surface area contributed by atoms with Gasteiger partial charge >= 0.3 is 0 Å². The molecule has 0 aromatic heterocycles. The summed E-state index contributed by atoms with van der Waals surface area (Å²) < 4.78 is 20.7. The van der Waals surface area contributed by atoms with Crippen LogP contribution in [0.25, 0.3) is 0 Å². The van der Waals surface area contributed by atoms with Gasteiger partial charge in [0.25, 0.3) is 0 Å². The van der Waals surface area contributed by atoms with E-state index in [1.54, 1.807) is 0 Å². The zero-order valence-electron chi connectivity index (χ0n) is 39.5. The van der Waals surface area contributed by atoms with Crippen molar-refractivity contribution in [3.8, 4) is 0 Å². The highest BCUT2D eigenvalue weighted by Crippen LogP contribution is 2.16. The topological polar surface area (TPSA) is 88.1 Å². The molecule has 0 amide bonds. The predicted octanol–water partition coefficient (Wildman–Crippen LogP) is 5.13. The molecule has 6 unspecified atom stereocenters. The Morgan fingerprint density at radius 2 is 0.683 bits per heavy atom. The third-order valence-electron chi connectivity index (χ3n) is 10.2. The average molecular weight is 1000 g/mol. The minimum atomic E-state index is 0.430. The van der Waals surface area contributed by atoms with Gasteiger partial charge in [0.2, 0.25) is 11.9 Å². The van der Waals surface area contributed by atoms with Crippen LogP contribution in [0.1, 0.15) is 64.2 Å². The molecule has 8 saturated heterocycles. The summed E-state index contributed by atoms with van der Waals surface area (Å²) in [7, 11) is 4.70. The summed E-state index contributed by atoms with van der Waals surface area (Å²) in [6.45, 7) is 10.0. The van der Waals surface area contributed by atoms with Crippen LogP contribution in [-0.2, 0) is 120 Å². The summed E-state index contributed by atoms with van der Waals surface area (Å²) >= 11 is 0. The van der Waals surface area contributed by atoms with Gasteiger partial charge < -0.3 is 18.9 Å². The third-order valence-corrected chi connectivity index (χ3v) is 24.0. The van der Waals surface area contributed by atoms with Gasteiger partial charge in [0.15, 0.2) is 23.1 Å². The molecule has 7 nitrogen and oxygen atoms in total. The van der Waals surface area contributed by atoms with E-state index in [4.69, 9.17) is 18.9 Å². The van der Waals surface area contributed by atoms with E-state index in [0.29, 0.717) is 105 Å². The molecule has 0 radical (unpaired) electrons. The Labute approximate surface area is 393 Å². The SMILES string of the molecule is C=C1CCC[S+](C)CC1.C[S+]1CCC(=O)C1.C[S+]1CCC(=O)CC1.C[S+]1CCCC(=O)C1.C[S+]1CCCOC1.C[S+]1CCCOCC1.C[S+]1CCOC1.C[S+]1CCOCC1. The second-order valence-corrected chi connectivity index (χ2v) is 35.0. The number of carbonyl (C=O) groups excluding carboxylic acids is 3. The summed E-state index contributed by atoms with van der Waals surface area (Å²) in [4.78, 5) is 31.8. The third kappa shape index (κ3) is 37.6. The minimum Gasteiger partial charge on any atom is -0.376 e. The number of Topliss-reactive ketones (excluding diaryl/α,β-unsaturated/α-hetero) is 3. The normalized spacial score (nSPS) is 29.9. The van der Waals surface area contributed by atoms with Crippen molar-refractivity contribution in [2.45, 2.75) is 64.2 Å². The molecule has 8 rings (SSSR count). The summed E-state index contributed by atoms with van der Waals surface area (Å²) in [6, 6.07) is 0.